The van der Waals surface area contributed by atoms with Gasteiger partial charge in [-0.3, -0.25) is 9.59 Å². The Kier molecular flexibility index (Phi) is 2.75. The third-order valence-corrected chi connectivity index (χ3v) is 5.58. The predicted molar refractivity (Wildman–Crippen MR) is 76.0 cm³/mol. The average molecular weight is 294 g/mol. The molecule has 0 N–H and O–H groups in total. The van der Waals surface area contributed by atoms with Gasteiger partial charge in [-0.15, -0.1) is 0 Å². The van der Waals surface area contributed by atoms with Gasteiger partial charge in [0.15, 0.2) is 0 Å². The molecule has 110 valence electrons. The lowest BCUT2D eigenvalue weighted by atomic mass is 9.52. The van der Waals surface area contributed by atoms with Crippen LogP contribution in [0.25, 0.3) is 0 Å². The Morgan fingerprint density at radius 2 is 1.80 bits per heavy atom. The molecular formula is C15H22O4Si. The molecule has 1 aliphatic heterocycles. The molecule has 1 heterocycles. The van der Waals surface area contributed by atoms with Gasteiger partial charge in [-0.25, -0.2) is 0 Å². The predicted octanol–water partition coefficient (Wildman–Crippen LogP) is 2.71. The standard InChI is InChI=1S/C15H22O4Si/c1-15(2)7-8-10(19-20(3,4)5)6-9(15)12-11(8)13(16)18-14(12)17/h6,8-9,11-12H,7H2,1-5H3/t8-,9+,11+,12-/m0/s1. The third-order valence-electron chi connectivity index (χ3n) is 4.73. The molecular weight excluding hydrogens is 272 g/mol. The van der Waals surface area contributed by atoms with Crippen LogP contribution in [0.3, 0.4) is 0 Å². The fraction of sp³-hybridized carbons (Fsp3) is 0.733. The van der Waals surface area contributed by atoms with E-state index in [2.05, 4.69) is 39.6 Å². The SMILES string of the molecule is CC1(C)C[C@H]2C(O[Si](C)(C)C)=C[C@@H]1[C@@H]1C(=O)OC(=O)[C@@H]12. The molecule has 0 aromatic rings. The summed E-state index contributed by atoms with van der Waals surface area (Å²) < 4.78 is 11.1. The highest BCUT2D eigenvalue weighted by Gasteiger charge is 2.62. The summed E-state index contributed by atoms with van der Waals surface area (Å²) in [5.74, 6) is -0.335. The van der Waals surface area contributed by atoms with E-state index in [0.717, 1.165) is 12.2 Å². The van der Waals surface area contributed by atoms with Crippen molar-refractivity contribution in [1.82, 2.24) is 0 Å². The smallest absolute Gasteiger partial charge is 0.318 e. The van der Waals surface area contributed by atoms with Crippen molar-refractivity contribution < 1.29 is 18.8 Å². The van der Waals surface area contributed by atoms with Gasteiger partial charge in [0.1, 0.15) is 0 Å². The molecule has 4 aliphatic rings. The first-order chi connectivity index (χ1) is 9.10. The summed E-state index contributed by atoms with van der Waals surface area (Å²) in [6.07, 6.45) is 2.99. The lowest BCUT2D eigenvalue weighted by Crippen LogP contribution is -2.50. The normalized spacial score (nSPS) is 38.4. The zero-order valence-corrected chi connectivity index (χ0v) is 13.7. The number of fused-ring (bicyclic) bond motifs is 1. The molecule has 3 aliphatic carbocycles. The largest absolute Gasteiger partial charge is 0.547 e. The number of carbonyl (C=O) groups excluding carboxylic acids is 2. The summed E-state index contributed by atoms with van der Waals surface area (Å²) in [6.45, 7) is 10.7. The maximum atomic E-state index is 12.0. The quantitative estimate of drug-likeness (QED) is 0.446. The van der Waals surface area contributed by atoms with Crippen molar-refractivity contribution in [3.8, 4) is 0 Å². The Morgan fingerprint density at radius 3 is 2.40 bits per heavy atom. The van der Waals surface area contributed by atoms with Gasteiger partial charge < -0.3 is 9.16 Å². The van der Waals surface area contributed by atoms with Crippen LogP contribution in [0.4, 0.5) is 0 Å². The summed E-state index contributed by atoms with van der Waals surface area (Å²) in [5, 5.41) is 0. The molecule has 1 saturated heterocycles. The van der Waals surface area contributed by atoms with Gasteiger partial charge in [0.05, 0.1) is 17.6 Å². The molecule has 0 aromatic heterocycles. The number of esters is 2. The van der Waals surface area contributed by atoms with Gasteiger partial charge in [-0.2, -0.15) is 0 Å². The topological polar surface area (TPSA) is 52.6 Å². The van der Waals surface area contributed by atoms with Gasteiger partial charge in [-0.1, -0.05) is 13.8 Å². The van der Waals surface area contributed by atoms with Crippen molar-refractivity contribution in [2.24, 2.45) is 29.1 Å². The monoisotopic (exact) mass is 294 g/mol. The van der Waals surface area contributed by atoms with E-state index in [0.29, 0.717) is 0 Å². The van der Waals surface area contributed by atoms with E-state index >= 15 is 0 Å². The summed E-state index contributed by atoms with van der Waals surface area (Å²) in [4.78, 5) is 24.0. The van der Waals surface area contributed by atoms with E-state index in [1.807, 2.05) is 0 Å². The number of carbonyl (C=O) groups is 2. The van der Waals surface area contributed by atoms with Crippen LogP contribution in [-0.4, -0.2) is 20.3 Å². The van der Waals surface area contributed by atoms with Crippen LogP contribution in [0.2, 0.25) is 19.6 Å². The molecule has 20 heavy (non-hydrogen) atoms. The van der Waals surface area contributed by atoms with Crippen LogP contribution >= 0.6 is 0 Å². The van der Waals surface area contributed by atoms with Crippen molar-refractivity contribution in [3.05, 3.63) is 11.8 Å². The van der Waals surface area contributed by atoms with Crippen molar-refractivity contribution in [3.63, 3.8) is 0 Å². The number of ether oxygens (including phenoxy) is 1. The molecule has 0 radical (unpaired) electrons. The van der Waals surface area contributed by atoms with E-state index in [-0.39, 0.29) is 41.0 Å². The van der Waals surface area contributed by atoms with Crippen LogP contribution in [0.1, 0.15) is 20.3 Å². The van der Waals surface area contributed by atoms with Crippen LogP contribution in [0.15, 0.2) is 11.8 Å². The van der Waals surface area contributed by atoms with Gasteiger partial charge >= 0.3 is 11.9 Å². The third kappa shape index (κ3) is 1.94. The van der Waals surface area contributed by atoms with Gasteiger partial charge in [0.2, 0.25) is 8.32 Å². The minimum absolute atomic E-state index is 0.00525. The lowest BCUT2D eigenvalue weighted by molar-refractivity contribution is -0.154. The highest BCUT2D eigenvalue weighted by Crippen LogP contribution is 2.59. The number of hydrogen-bond acceptors (Lipinski definition) is 4. The van der Waals surface area contributed by atoms with Crippen LogP contribution in [-0.2, 0) is 18.8 Å². The summed E-state index contributed by atoms with van der Waals surface area (Å²) in [5.41, 5.74) is 0.0156. The van der Waals surface area contributed by atoms with Crippen LogP contribution in [0, 0.1) is 29.1 Å². The molecule has 4 atom stereocenters. The molecule has 0 aromatic carbocycles. The first kappa shape index (κ1) is 13.9. The number of allylic oxidation sites excluding steroid dienone is 2. The van der Waals surface area contributed by atoms with Gasteiger partial charge in [0.25, 0.3) is 0 Å². The molecule has 4 nitrogen and oxygen atoms in total. The van der Waals surface area contributed by atoms with Crippen molar-refractivity contribution in [1.29, 1.82) is 0 Å². The van der Waals surface area contributed by atoms with E-state index in [1.165, 1.54) is 0 Å². The molecule has 2 bridgehead atoms. The molecule has 1 saturated carbocycles. The molecule has 5 heteroatoms. The summed E-state index contributed by atoms with van der Waals surface area (Å²) >= 11 is 0. The zero-order chi connectivity index (χ0) is 14.9. The molecule has 0 unspecified atom stereocenters. The Bertz CT molecular complexity index is 514. The maximum absolute atomic E-state index is 12.0. The van der Waals surface area contributed by atoms with Gasteiger partial charge in [0, 0.05) is 5.92 Å². The Morgan fingerprint density at radius 1 is 1.20 bits per heavy atom. The van der Waals surface area contributed by atoms with Crippen LogP contribution in [0.5, 0.6) is 0 Å². The van der Waals surface area contributed by atoms with Crippen LogP contribution < -0.4 is 0 Å². The molecule has 4 rings (SSSR count). The second-order valence-corrected chi connectivity index (χ2v) is 12.3. The average Bonchev–Trinajstić information content (AvgIpc) is 2.55. The highest BCUT2D eigenvalue weighted by atomic mass is 28.4. The summed E-state index contributed by atoms with van der Waals surface area (Å²) in [7, 11) is -1.72. The van der Waals surface area contributed by atoms with Gasteiger partial charge in [-0.05, 0) is 43.5 Å². The van der Waals surface area contributed by atoms with Crippen molar-refractivity contribution in [2.75, 3.05) is 0 Å². The van der Waals surface area contributed by atoms with E-state index in [4.69, 9.17) is 9.16 Å². The van der Waals surface area contributed by atoms with E-state index in [9.17, 15) is 9.59 Å². The Labute approximate surface area is 120 Å². The minimum Gasteiger partial charge on any atom is -0.547 e. The number of rotatable bonds is 2. The number of cyclic esters (lactones) is 2. The fourth-order valence-electron chi connectivity index (χ4n) is 4.00. The zero-order valence-electron chi connectivity index (χ0n) is 12.7. The summed E-state index contributed by atoms with van der Waals surface area (Å²) in [6, 6.07) is 0. The second kappa shape index (κ2) is 3.97. The highest BCUT2D eigenvalue weighted by molar-refractivity contribution is 6.70. The fourth-order valence-corrected chi connectivity index (χ4v) is 4.93. The van der Waals surface area contributed by atoms with E-state index < -0.39 is 8.32 Å². The van der Waals surface area contributed by atoms with E-state index in [1.54, 1.807) is 0 Å². The molecule has 0 amide bonds. The maximum Gasteiger partial charge on any atom is 0.318 e. The lowest BCUT2D eigenvalue weighted by Gasteiger charge is -2.51. The second-order valence-electron chi connectivity index (χ2n) is 7.90. The first-order valence-corrected chi connectivity index (χ1v) is 10.7. The van der Waals surface area contributed by atoms with Crippen molar-refractivity contribution in [2.45, 2.75) is 39.9 Å². The van der Waals surface area contributed by atoms with Crippen molar-refractivity contribution >= 4 is 20.3 Å². The molecule has 0 spiro atoms. The molecule has 2 fully saturated rings. The Balaban J connectivity index is 2.02. The number of hydrogen-bond donors (Lipinski definition) is 0. The first-order valence-electron chi connectivity index (χ1n) is 7.26. The Hall–Kier alpha value is -1.10. The minimum atomic E-state index is -1.72.